The normalized spacial score (nSPS) is 11.6. The van der Waals surface area contributed by atoms with Gasteiger partial charge in [0.2, 0.25) is 5.89 Å². The molecule has 0 saturated carbocycles. The number of hydrogen-bond donors (Lipinski definition) is 2. The van der Waals surface area contributed by atoms with Crippen LogP contribution in [0.3, 0.4) is 0 Å². The lowest BCUT2D eigenvalue weighted by Gasteiger charge is -2.15. The molecule has 13 heavy (non-hydrogen) atoms. The van der Waals surface area contributed by atoms with E-state index in [0.717, 1.165) is 0 Å². The van der Waals surface area contributed by atoms with E-state index in [1.807, 2.05) is 0 Å². The lowest BCUT2D eigenvalue weighted by molar-refractivity contribution is 0.0680. The second-order valence-corrected chi connectivity index (χ2v) is 3.32. The molecular formula is C7H11N3O3. The minimum Gasteiger partial charge on any atom is -0.475 e. The first-order chi connectivity index (χ1) is 5.97. The standard InChI is InChI=1S/C7H11N3O3/c1-7(2,3-8)6-9-4(5(11)12)10-13-6/h3,8H2,1-2H3,(H,11,12). The minimum atomic E-state index is -1.21. The van der Waals surface area contributed by atoms with E-state index in [4.69, 9.17) is 15.4 Å². The molecule has 0 fully saturated rings. The van der Waals surface area contributed by atoms with Crippen molar-refractivity contribution in [2.75, 3.05) is 6.54 Å². The smallest absolute Gasteiger partial charge is 0.377 e. The van der Waals surface area contributed by atoms with Crippen molar-refractivity contribution in [2.45, 2.75) is 19.3 Å². The van der Waals surface area contributed by atoms with Crippen molar-refractivity contribution in [1.82, 2.24) is 10.1 Å². The van der Waals surface area contributed by atoms with Gasteiger partial charge in [-0.25, -0.2) is 4.79 Å². The predicted octanol–water partition coefficient (Wildman–Crippen LogP) is 0.00410. The number of nitrogens with two attached hydrogens (primary N) is 1. The van der Waals surface area contributed by atoms with Crippen molar-refractivity contribution in [1.29, 1.82) is 0 Å². The van der Waals surface area contributed by atoms with Crippen LogP contribution in [0.1, 0.15) is 30.4 Å². The summed E-state index contributed by atoms with van der Waals surface area (Å²) in [6, 6.07) is 0. The first-order valence-corrected chi connectivity index (χ1v) is 3.75. The maximum Gasteiger partial charge on any atom is 0.377 e. The van der Waals surface area contributed by atoms with E-state index in [0.29, 0.717) is 6.54 Å². The summed E-state index contributed by atoms with van der Waals surface area (Å²) >= 11 is 0. The van der Waals surface area contributed by atoms with Gasteiger partial charge in [-0.1, -0.05) is 0 Å². The summed E-state index contributed by atoms with van der Waals surface area (Å²) in [6.45, 7) is 3.91. The second kappa shape index (κ2) is 3.14. The summed E-state index contributed by atoms with van der Waals surface area (Å²) in [6.07, 6.45) is 0. The molecule has 0 radical (unpaired) electrons. The Bertz CT molecular complexity index is 319. The van der Waals surface area contributed by atoms with Crippen LogP contribution in [0.4, 0.5) is 0 Å². The lowest BCUT2D eigenvalue weighted by Crippen LogP contribution is -2.28. The number of aromatic carboxylic acids is 1. The number of hydrogen-bond acceptors (Lipinski definition) is 5. The van der Waals surface area contributed by atoms with Gasteiger partial charge in [-0.05, 0) is 19.0 Å². The molecule has 0 aromatic carbocycles. The topological polar surface area (TPSA) is 102 Å². The van der Waals surface area contributed by atoms with E-state index in [1.165, 1.54) is 0 Å². The zero-order valence-electron chi connectivity index (χ0n) is 7.44. The van der Waals surface area contributed by atoms with Crippen LogP contribution in [0.2, 0.25) is 0 Å². The van der Waals surface area contributed by atoms with Crippen molar-refractivity contribution in [2.24, 2.45) is 5.73 Å². The van der Waals surface area contributed by atoms with Crippen molar-refractivity contribution in [3.8, 4) is 0 Å². The van der Waals surface area contributed by atoms with E-state index >= 15 is 0 Å². The largest absolute Gasteiger partial charge is 0.475 e. The molecule has 72 valence electrons. The Labute approximate surface area is 74.7 Å². The van der Waals surface area contributed by atoms with Crippen LogP contribution in [0.15, 0.2) is 4.52 Å². The van der Waals surface area contributed by atoms with Crippen molar-refractivity contribution in [3.05, 3.63) is 11.7 Å². The Morgan fingerprint density at radius 1 is 1.69 bits per heavy atom. The van der Waals surface area contributed by atoms with Gasteiger partial charge in [0.1, 0.15) is 0 Å². The third-order valence-electron chi connectivity index (χ3n) is 1.71. The van der Waals surface area contributed by atoms with Crippen molar-refractivity contribution in [3.63, 3.8) is 0 Å². The SMILES string of the molecule is CC(C)(CN)c1nc(C(=O)O)no1. The lowest BCUT2D eigenvalue weighted by atomic mass is 9.94. The molecule has 1 aromatic heterocycles. The third kappa shape index (κ3) is 1.83. The summed E-state index contributed by atoms with van der Waals surface area (Å²) in [5.74, 6) is -1.30. The molecule has 6 nitrogen and oxygen atoms in total. The number of aromatic nitrogens is 2. The third-order valence-corrected chi connectivity index (χ3v) is 1.71. The molecular weight excluding hydrogens is 174 g/mol. The first-order valence-electron chi connectivity index (χ1n) is 3.75. The van der Waals surface area contributed by atoms with Crippen LogP contribution in [0, 0.1) is 0 Å². The molecule has 0 amide bonds. The van der Waals surface area contributed by atoms with Gasteiger partial charge in [0, 0.05) is 6.54 Å². The second-order valence-electron chi connectivity index (χ2n) is 3.32. The molecule has 0 aliphatic carbocycles. The highest BCUT2D eigenvalue weighted by Gasteiger charge is 2.27. The van der Waals surface area contributed by atoms with Gasteiger partial charge in [0.25, 0.3) is 5.82 Å². The van der Waals surface area contributed by atoms with Gasteiger partial charge >= 0.3 is 5.97 Å². The number of rotatable bonds is 3. The van der Waals surface area contributed by atoms with Gasteiger partial charge in [0.05, 0.1) is 5.41 Å². The molecule has 3 N–H and O–H groups in total. The van der Waals surface area contributed by atoms with Crippen molar-refractivity contribution < 1.29 is 14.4 Å². The Morgan fingerprint density at radius 3 is 2.69 bits per heavy atom. The van der Waals surface area contributed by atoms with E-state index in [9.17, 15) is 4.79 Å². The quantitative estimate of drug-likeness (QED) is 0.687. The van der Waals surface area contributed by atoms with Crippen LogP contribution in [-0.4, -0.2) is 27.8 Å². The van der Waals surface area contributed by atoms with Gasteiger partial charge in [-0.15, -0.1) is 0 Å². The highest BCUT2D eigenvalue weighted by molar-refractivity contribution is 5.82. The minimum absolute atomic E-state index is 0.243. The molecule has 0 saturated heterocycles. The molecule has 0 aliphatic rings. The Morgan fingerprint density at radius 2 is 2.31 bits per heavy atom. The fraction of sp³-hybridized carbons (Fsp3) is 0.571. The molecule has 0 aliphatic heterocycles. The fourth-order valence-electron chi connectivity index (χ4n) is 0.673. The molecule has 1 heterocycles. The highest BCUT2D eigenvalue weighted by Crippen LogP contribution is 2.19. The summed E-state index contributed by atoms with van der Waals surface area (Å²) in [5.41, 5.74) is 4.96. The van der Waals surface area contributed by atoms with Crippen molar-refractivity contribution >= 4 is 5.97 Å². The van der Waals surface area contributed by atoms with Gasteiger partial charge in [-0.3, -0.25) is 0 Å². The maximum atomic E-state index is 10.4. The average molecular weight is 185 g/mol. The van der Waals surface area contributed by atoms with Gasteiger partial charge < -0.3 is 15.4 Å². The Hall–Kier alpha value is -1.43. The van der Waals surface area contributed by atoms with E-state index in [1.54, 1.807) is 13.8 Å². The number of carboxylic acids is 1. The molecule has 0 atom stereocenters. The van der Waals surface area contributed by atoms with Crippen LogP contribution in [0.5, 0.6) is 0 Å². The highest BCUT2D eigenvalue weighted by atomic mass is 16.5. The van der Waals surface area contributed by atoms with Crippen LogP contribution < -0.4 is 5.73 Å². The Balaban J connectivity index is 2.98. The fourth-order valence-corrected chi connectivity index (χ4v) is 0.673. The molecule has 1 rings (SSSR count). The summed E-state index contributed by atoms with van der Waals surface area (Å²) < 4.78 is 4.76. The number of carboxylic acid groups (broad SMARTS) is 1. The Kier molecular flexibility index (Phi) is 2.33. The zero-order valence-corrected chi connectivity index (χ0v) is 7.44. The first kappa shape index (κ1) is 9.66. The summed E-state index contributed by atoms with van der Waals surface area (Å²) in [7, 11) is 0. The molecule has 0 unspecified atom stereocenters. The maximum absolute atomic E-state index is 10.4. The summed E-state index contributed by atoms with van der Waals surface area (Å²) in [4.78, 5) is 14.1. The molecule has 6 heteroatoms. The van der Waals surface area contributed by atoms with Gasteiger partial charge in [0.15, 0.2) is 0 Å². The monoisotopic (exact) mass is 185 g/mol. The predicted molar refractivity (Wildman–Crippen MR) is 43.3 cm³/mol. The van der Waals surface area contributed by atoms with E-state index < -0.39 is 11.4 Å². The number of carbonyl (C=O) groups is 1. The van der Waals surface area contributed by atoms with Crippen LogP contribution in [0.25, 0.3) is 0 Å². The van der Waals surface area contributed by atoms with Crippen LogP contribution >= 0.6 is 0 Å². The zero-order chi connectivity index (χ0) is 10.1. The summed E-state index contributed by atoms with van der Waals surface area (Å²) in [5, 5.41) is 11.8. The number of nitrogens with zero attached hydrogens (tertiary/aromatic N) is 2. The molecule has 1 aromatic rings. The van der Waals surface area contributed by atoms with Crippen LogP contribution in [-0.2, 0) is 5.41 Å². The average Bonchev–Trinajstić information content (AvgIpc) is 2.52. The van der Waals surface area contributed by atoms with Gasteiger partial charge in [-0.2, -0.15) is 4.98 Å². The molecule has 0 bridgehead atoms. The molecule has 0 spiro atoms. The van der Waals surface area contributed by atoms with E-state index in [2.05, 4.69) is 10.1 Å². The van der Waals surface area contributed by atoms with E-state index in [-0.39, 0.29) is 11.7 Å².